The summed E-state index contributed by atoms with van der Waals surface area (Å²) in [5.41, 5.74) is 3.25. The van der Waals surface area contributed by atoms with E-state index in [1.807, 2.05) is 51.1 Å². The Morgan fingerprint density at radius 1 is 0.913 bits per heavy atom. The molecule has 0 aliphatic heterocycles. The Morgan fingerprint density at radius 2 is 1.59 bits per heavy atom. The van der Waals surface area contributed by atoms with E-state index in [2.05, 4.69) is 4.98 Å². The molecule has 0 saturated carbocycles. The summed E-state index contributed by atoms with van der Waals surface area (Å²) in [6, 6.07) is 22.7. The van der Waals surface area contributed by atoms with Gasteiger partial charge in [0.2, 0.25) is 15.9 Å². The van der Waals surface area contributed by atoms with E-state index in [4.69, 9.17) is 4.42 Å². The fourth-order valence-electron chi connectivity index (χ4n) is 5.31. The zero-order chi connectivity index (χ0) is 33.4. The summed E-state index contributed by atoms with van der Waals surface area (Å²) in [6.07, 6.45) is 0.709. The van der Waals surface area contributed by atoms with E-state index >= 15 is 0 Å². The number of aliphatic hydroxyl groups is 1. The number of nitrogens with zero attached hydrogens (tertiary/aromatic N) is 3. The van der Waals surface area contributed by atoms with E-state index in [-0.39, 0.29) is 48.6 Å². The molecule has 46 heavy (non-hydrogen) atoms. The Balaban J connectivity index is 1.56. The van der Waals surface area contributed by atoms with E-state index in [0.717, 1.165) is 16.8 Å². The molecule has 0 radical (unpaired) electrons. The third kappa shape index (κ3) is 9.22. The molecule has 10 heteroatoms. The minimum atomic E-state index is -3.90. The fraction of sp³-hybridized carbons (Fsp3) is 0.361. The molecule has 0 bridgehead atoms. The van der Waals surface area contributed by atoms with Crippen LogP contribution < -0.4 is 0 Å². The van der Waals surface area contributed by atoms with Crippen LogP contribution >= 0.6 is 0 Å². The number of hydrogen-bond donors (Lipinski definition) is 1. The minimum absolute atomic E-state index is 0.00706. The second-order valence-corrected chi connectivity index (χ2v) is 14.2. The van der Waals surface area contributed by atoms with Gasteiger partial charge in [-0.25, -0.2) is 13.4 Å². The van der Waals surface area contributed by atoms with E-state index in [9.17, 15) is 23.1 Å². The SMILES string of the molecule is Cc1ccc(S(=O)(=O)N(CC(C)C)C[C@@H](O)[C@@H](CC(=O)c2cccc(C(=O)N(C)Cc3nc(C)co3)c2)Cc2ccccc2)cc1. The van der Waals surface area contributed by atoms with Gasteiger partial charge >= 0.3 is 0 Å². The van der Waals surface area contributed by atoms with Crippen molar-refractivity contribution in [3.8, 4) is 0 Å². The maximum atomic E-state index is 13.7. The van der Waals surface area contributed by atoms with Crippen molar-refractivity contribution in [1.82, 2.24) is 14.2 Å². The fourth-order valence-corrected chi connectivity index (χ4v) is 6.93. The predicted octanol–water partition coefficient (Wildman–Crippen LogP) is 5.70. The maximum Gasteiger partial charge on any atom is 0.254 e. The summed E-state index contributed by atoms with van der Waals surface area (Å²) in [4.78, 5) is 32.8. The van der Waals surface area contributed by atoms with Crippen LogP contribution in [-0.4, -0.2) is 65.6 Å². The first-order valence-corrected chi connectivity index (χ1v) is 16.9. The van der Waals surface area contributed by atoms with Crippen molar-refractivity contribution in [2.45, 2.75) is 58.1 Å². The summed E-state index contributed by atoms with van der Waals surface area (Å²) in [6.45, 7) is 7.76. The number of oxazole rings is 1. The van der Waals surface area contributed by atoms with Crippen LogP contribution in [0.4, 0.5) is 0 Å². The first-order valence-electron chi connectivity index (χ1n) is 15.4. The number of rotatable bonds is 15. The third-order valence-electron chi connectivity index (χ3n) is 7.77. The van der Waals surface area contributed by atoms with Crippen LogP contribution in [0.15, 0.2) is 94.4 Å². The summed E-state index contributed by atoms with van der Waals surface area (Å²) < 4.78 is 34.1. The van der Waals surface area contributed by atoms with Gasteiger partial charge in [-0.15, -0.1) is 0 Å². The molecule has 1 heterocycles. The Hall–Kier alpha value is -4.12. The van der Waals surface area contributed by atoms with Crippen molar-refractivity contribution in [1.29, 1.82) is 0 Å². The second kappa shape index (κ2) is 15.4. The highest BCUT2D eigenvalue weighted by molar-refractivity contribution is 7.89. The average Bonchev–Trinajstić information content (AvgIpc) is 3.44. The Bertz CT molecular complexity index is 1720. The van der Waals surface area contributed by atoms with Crippen molar-refractivity contribution in [3.05, 3.63) is 119 Å². The minimum Gasteiger partial charge on any atom is -0.447 e. The number of aryl methyl sites for hydroxylation is 2. The molecule has 2 atom stereocenters. The zero-order valence-electron chi connectivity index (χ0n) is 27.1. The van der Waals surface area contributed by atoms with Gasteiger partial charge in [-0.2, -0.15) is 4.31 Å². The summed E-state index contributed by atoms with van der Waals surface area (Å²) in [5, 5.41) is 11.6. The smallest absolute Gasteiger partial charge is 0.254 e. The molecule has 0 aliphatic rings. The molecule has 1 N–H and O–H groups in total. The van der Waals surface area contributed by atoms with Crippen LogP contribution in [0.2, 0.25) is 0 Å². The molecule has 4 rings (SSSR count). The monoisotopic (exact) mass is 645 g/mol. The topological polar surface area (TPSA) is 121 Å². The number of Topliss-reactive ketones (excluding diaryl/α,β-unsaturated/α-hetero) is 1. The molecule has 0 aliphatic carbocycles. The van der Waals surface area contributed by atoms with E-state index in [0.29, 0.717) is 23.4 Å². The number of benzene rings is 3. The molecule has 4 aromatic rings. The average molecular weight is 646 g/mol. The first-order chi connectivity index (χ1) is 21.8. The molecule has 0 spiro atoms. The molecule has 9 nitrogen and oxygen atoms in total. The number of carbonyl (C=O) groups excluding carboxylic acids is 2. The van der Waals surface area contributed by atoms with Crippen LogP contribution in [0.25, 0.3) is 0 Å². The molecule has 0 fully saturated rings. The Kier molecular flexibility index (Phi) is 11.7. The number of sulfonamides is 1. The number of hydrogen-bond acceptors (Lipinski definition) is 7. The normalized spacial score (nSPS) is 13.1. The zero-order valence-corrected chi connectivity index (χ0v) is 27.9. The molecule has 0 unspecified atom stereocenters. The summed E-state index contributed by atoms with van der Waals surface area (Å²) >= 11 is 0. The van der Waals surface area contributed by atoms with Crippen LogP contribution in [0.1, 0.15) is 63.7 Å². The second-order valence-electron chi connectivity index (χ2n) is 12.3. The van der Waals surface area contributed by atoms with E-state index in [1.165, 1.54) is 15.5 Å². The van der Waals surface area contributed by atoms with Crippen LogP contribution in [-0.2, 0) is 23.0 Å². The van der Waals surface area contributed by atoms with Crippen LogP contribution in [0.3, 0.4) is 0 Å². The number of aromatic nitrogens is 1. The van der Waals surface area contributed by atoms with Crippen molar-refractivity contribution in [2.24, 2.45) is 11.8 Å². The van der Waals surface area contributed by atoms with Gasteiger partial charge in [0.15, 0.2) is 5.78 Å². The molecule has 244 valence electrons. The number of aliphatic hydroxyl groups excluding tert-OH is 1. The Labute approximate surface area is 271 Å². The largest absolute Gasteiger partial charge is 0.447 e. The standard InChI is InChI=1S/C36H43N3O6S/c1-25(2)21-39(46(43,44)32-16-14-26(3)15-17-32)22-34(41)31(18-28-10-7-6-8-11-28)20-33(40)29-12-9-13-30(19-29)36(42)38(5)23-35-37-27(4)24-45-35/h6-17,19,24-25,31,34,41H,18,20-23H2,1-5H3/t31-,34-/m1/s1. The Morgan fingerprint density at radius 3 is 2.22 bits per heavy atom. The lowest BCUT2D eigenvalue weighted by molar-refractivity contribution is 0.0689. The van der Waals surface area contributed by atoms with Gasteiger partial charge < -0.3 is 14.4 Å². The third-order valence-corrected chi connectivity index (χ3v) is 9.61. The van der Waals surface area contributed by atoms with Crippen LogP contribution in [0, 0.1) is 25.7 Å². The number of carbonyl (C=O) groups is 2. The molecule has 1 amide bonds. The number of ketones is 1. The molecular weight excluding hydrogens is 602 g/mol. The summed E-state index contributed by atoms with van der Waals surface area (Å²) in [7, 11) is -2.27. The lowest BCUT2D eigenvalue weighted by atomic mass is 9.87. The van der Waals surface area contributed by atoms with Crippen molar-refractivity contribution in [3.63, 3.8) is 0 Å². The first kappa shape index (κ1) is 34.7. The highest BCUT2D eigenvalue weighted by atomic mass is 32.2. The maximum absolute atomic E-state index is 13.7. The van der Waals surface area contributed by atoms with E-state index in [1.54, 1.807) is 62.5 Å². The van der Waals surface area contributed by atoms with Crippen molar-refractivity contribution >= 4 is 21.7 Å². The quantitative estimate of drug-likeness (QED) is 0.165. The lowest BCUT2D eigenvalue weighted by Gasteiger charge is -2.30. The van der Waals surface area contributed by atoms with Gasteiger partial charge in [0, 0.05) is 37.7 Å². The van der Waals surface area contributed by atoms with Gasteiger partial charge in [0.25, 0.3) is 5.91 Å². The molecule has 0 saturated heterocycles. The van der Waals surface area contributed by atoms with E-state index < -0.39 is 22.0 Å². The molecular formula is C36H43N3O6S. The van der Waals surface area contributed by atoms with Gasteiger partial charge in [-0.05, 0) is 61.9 Å². The number of amides is 1. The highest BCUT2D eigenvalue weighted by Gasteiger charge is 2.32. The van der Waals surface area contributed by atoms with Gasteiger partial charge in [0.1, 0.15) is 6.26 Å². The van der Waals surface area contributed by atoms with Gasteiger partial charge in [-0.3, -0.25) is 9.59 Å². The van der Waals surface area contributed by atoms with Crippen LogP contribution in [0.5, 0.6) is 0 Å². The van der Waals surface area contributed by atoms with Crippen molar-refractivity contribution < 1.29 is 27.5 Å². The summed E-state index contributed by atoms with van der Waals surface area (Å²) in [5.74, 6) is -0.718. The van der Waals surface area contributed by atoms with Gasteiger partial charge in [0.05, 0.1) is 23.2 Å². The van der Waals surface area contributed by atoms with Crippen molar-refractivity contribution in [2.75, 3.05) is 20.1 Å². The molecule has 1 aromatic heterocycles. The van der Waals surface area contributed by atoms with Gasteiger partial charge in [-0.1, -0.05) is 74.0 Å². The molecule has 3 aromatic carbocycles. The lowest BCUT2D eigenvalue weighted by Crippen LogP contribution is -2.43. The highest BCUT2D eigenvalue weighted by Crippen LogP contribution is 2.25. The predicted molar refractivity (Wildman–Crippen MR) is 177 cm³/mol.